The summed E-state index contributed by atoms with van der Waals surface area (Å²) < 4.78 is 28.0. The predicted octanol–water partition coefficient (Wildman–Crippen LogP) is -2.19. The first-order valence-corrected chi connectivity index (χ1v) is 13.1. The lowest BCUT2D eigenvalue weighted by atomic mass is 9.95. The molecule has 2 aromatic rings. The van der Waals surface area contributed by atoms with E-state index in [0.717, 1.165) is 6.07 Å². The summed E-state index contributed by atoms with van der Waals surface area (Å²) in [5.41, 5.74) is 0.520. The van der Waals surface area contributed by atoms with E-state index >= 15 is 0 Å². The van der Waals surface area contributed by atoms with Crippen molar-refractivity contribution in [3.05, 3.63) is 47.5 Å². The van der Waals surface area contributed by atoms with Gasteiger partial charge in [0.25, 0.3) is 0 Å². The van der Waals surface area contributed by atoms with E-state index in [4.69, 9.17) is 23.7 Å². The Labute approximate surface area is 238 Å². The van der Waals surface area contributed by atoms with Crippen molar-refractivity contribution < 1.29 is 74.4 Å². The van der Waals surface area contributed by atoms with Crippen LogP contribution in [0.15, 0.2) is 36.4 Å². The molecule has 42 heavy (non-hydrogen) atoms. The lowest BCUT2D eigenvalue weighted by Gasteiger charge is -2.45. The summed E-state index contributed by atoms with van der Waals surface area (Å²) in [7, 11) is 0. The molecule has 0 amide bonds. The van der Waals surface area contributed by atoms with Gasteiger partial charge in [0.2, 0.25) is 6.29 Å². The van der Waals surface area contributed by atoms with Crippen LogP contribution in [-0.2, 0) is 14.2 Å². The largest absolute Gasteiger partial charge is 0.508 e. The van der Waals surface area contributed by atoms with E-state index in [1.165, 1.54) is 18.2 Å². The summed E-state index contributed by atoms with van der Waals surface area (Å²) in [6.07, 6.45) is -17.2. The van der Waals surface area contributed by atoms with Gasteiger partial charge in [-0.2, -0.15) is 0 Å². The van der Waals surface area contributed by atoms with Crippen molar-refractivity contribution >= 4 is 5.78 Å². The monoisotopic (exact) mass is 596 g/mol. The van der Waals surface area contributed by atoms with Crippen LogP contribution in [0.3, 0.4) is 0 Å². The summed E-state index contributed by atoms with van der Waals surface area (Å²) in [5.74, 6) is -0.981. The second-order valence-corrected chi connectivity index (χ2v) is 10.3. The highest BCUT2D eigenvalue weighted by atomic mass is 16.7. The molecule has 1 unspecified atom stereocenters. The number of hydrogen-bond donors (Lipinski definition) is 9. The number of ketones is 1. The molecule has 15 nitrogen and oxygen atoms in total. The van der Waals surface area contributed by atoms with Gasteiger partial charge in [-0.15, -0.1) is 0 Å². The van der Waals surface area contributed by atoms with Crippen LogP contribution in [0.25, 0.3) is 0 Å². The molecule has 0 saturated carbocycles. The molecule has 5 rings (SSSR count). The molecular formula is C27H32O15. The number of phenols is 2. The smallest absolute Gasteiger partial charge is 0.229 e. The summed E-state index contributed by atoms with van der Waals surface area (Å²) in [6, 6.07) is 8.43. The normalized spacial score (nSPS) is 36.6. The minimum Gasteiger partial charge on any atom is -0.508 e. The number of aliphatic hydroxyl groups excluding tert-OH is 7. The number of aliphatic hydroxyl groups is 7. The van der Waals surface area contributed by atoms with Crippen molar-refractivity contribution in [2.24, 2.45) is 0 Å². The quantitative estimate of drug-likeness (QED) is 0.165. The van der Waals surface area contributed by atoms with Gasteiger partial charge in [0.05, 0.1) is 19.6 Å². The highest BCUT2D eigenvalue weighted by Crippen LogP contribution is 2.43. The lowest BCUT2D eigenvalue weighted by molar-refractivity contribution is -0.352. The van der Waals surface area contributed by atoms with E-state index in [1.54, 1.807) is 12.1 Å². The first-order valence-electron chi connectivity index (χ1n) is 13.1. The van der Waals surface area contributed by atoms with Gasteiger partial charge in [0.15, 0.2) is 12.1 Å². The highest BCUT2D eigenvalue weighted by Gasteiger charge is 2.51. The van der Waals surface area contributed by atoms with E-state index in [2.05, 4.69) is 0 Å². The number of phenolic OH excluding ortho intramolecular Hbond substituents is 2. The molecule has 0 aromatic heterocycles. The number of carbonyl (C=O) groups excluding carboxylic acids is 1. The average molecular weight is 597 g/mol. The van der Waals surface area contributed by atoms with Gasteiger partial charge < -0.3 is 69.6 Å². The lowest BCUT2D eigenvalue weighted by Crippen LogP contribution is -2.65. The zero-order chi connectivity index (χ0) is 30.3. The van der Waals surface area contributed by atoms with Gasteiger partial charge in [0, 0.05) is 12.1 Å². The van der Waals surface area contributed by atoms with Crippen LogP contribution in [0.5, 0.6) is 23.0 Å². The van der Waals surface area contributed by atoms with Crippen LogP contribution in [0.1, 0.15) is 28.4 Å². The minimum absolute atomic E-state index is 0.0206. The number of Topliss-reactive ketones (excluding diaryl/α,β-unsaturated/α-hetero) is 1. The van der Waals surface area contributed by atoms with Crippen LogP contribution in [0, 0.1) is 0 Å². The topological polar surface area (TPSA) is 245 Å². The van der Waals surface area contributed by atoms with Gasteiger partial charge in [-0.3, -0.25) is 4.79 Å². The van der Waals surface area contributed by atoms with Crippen LogP contribution in [0.4, 0.5) is 0 Å². The summed E-state index contributed by atoms with van der Waals surface area (Å²) in [6.45, 7) is -1.50. The molecule has 2 fully saturated rings. The zero-order valence-electron chi connectivity index (χ0n) is 21.9. The summed E-state index contributed by atoms with van der Waals surface area (Å²) >= 11 is 0. The summed E-state index contributed by atoms with van der Waals surface area (Å²) in [4.78, 5) is 12.8. The van der Waals surface area contributed by atoms with Gasteiger partial charge in [0.1, 0.15) is 83.5 Å². The maximum atomic E-state index is 12.8. The Hall–Kier alpha value is -3.09. The molecule has 9 N–H and O–H groups in total. The van der Waals surface area contributed by atoms with E-state index in [-0.39, 0.29) is 29.2 Å². The van der Waals surface area contributed by atoms with Gasteiger partial charge in [-0.1, -0.05) is 12.1 Å². The molecule has 2 aromatic carbocycles. The third kappa shape index (κ3) is 5.76. The molecule has 0 aliphatic carbocycles. The molecule has 230 valence electrons. The molecule has 11 atom stereocenters. The molecule has 3 aliphatic rings. The number of rotatable bonds is 7. The number of fused-ring (bicyclic) bond motifs is 1. The number of ether oxygens (including phenoxy) is 5. The molecule has 3 aliphatic heterocycles. The number of benzene rings is 2. The number of aromatic hydroxyl groups is 2. The van der Waals surface area contributed by atoms with Crippen molar-refractivity contribution in [3.63, 3.8) is 0 Å². The minimum atomic E-state index is -1.83. The van der Waals surface area contributed by atoms with E-state index in [0.29, 0.717) is 5.56 Å². The maximum absolute atomic E-state index is 12.8. The fraction of sp³-hybridized carbons (Fsp3) is 0.519. The predicted molar refractivity (Wildman–Crippen MR) is 136 cm³/mol. The Bertz CT molecular complexity index is 1250. The molecule has 0 spiro atoms. The third-order valence-corrected chi connectivity index (χ3v) is 7.45. The molecule has 15 heteroatoms. The van der Waals surface area contributed by atoms with E-state index < -0.39 is 92.3 Å². The first-order chi connectivity index (χ1) is 20.0. The van der Waals surface area contributed by atoms with Crippen molar-refractivity contribution in [2.75, 3.05) is 13.2 Å². The van der Waals surface area contributed by atoms with Crippen molar-refractivity contribution in [3.8, 4) is 23.0 Å². The standard InChI is InChI=1S/C27H32O15/c28-8-17-20(33)21(34)23(36)27(40-17)42-25-18(9-29)41-26(24(37)22(25)35)38-12-5-13(31)19-14(32)7-15(39-16(19)6-12)10-1-3-11(30)4-2-10/h1-6,15,17-18,20-31,33-37H,7-9H2/t15?,17-,18-,20+,21+,22-,23-,24-,25-,26-,27+/m1/s1. The molecule has 2 saturated heterocycles. The second-order valence-electron chi connectivity index (χ2n) is 10.3. The molecular weight excluding hydrogens is 564 g/mol. The Morgan fingerprint density at radius 3 is 2.10 bits per heavy atom. The average Bonchev–Trinajstić information content (AvgIpc) is 2.96. The fourth-order valence-electron chi connectivity index (χ4n) is 5.14. The Morgan fingerprint density at radius 2 is 1.43 bits per heavy atom. The van der Waals surface area contributed by atoms with E-state index in [9.17, 15) is 50.8 Å². The van der Waals surface area contributed by atoms with Crippen LogP contribution in [-0.4, -0.2) is 126 Å². The van der Waals surface area contributed by atoms with Crippen molar-refractivity contribution in [1.29, 1.82) is 0 Å². The Morgan fingerprint density at radius 1 is 0.786 bits per heavy atom. The maximum Gasteiger partial charge on any atom is 0.229 e. The molecule has 3 heterocycles. The Kier molecular flexibility index (Phi) is 8.86. The van der Waals surface area contributed by atoms with Gasteiger partial charge in [-0.05, 0) is 17.7 Å². The zero-order valence-corrected chi connectivity index (χ0v) is 21.9. The van der Waals surface area contributed by atoms with Gasteiger partial charge in [-0.25, -0.2) is 0 Å². The van der Waals surface area contributed by atoms with E-state index in [1.807, 2.05) is 0 Å². The SMILES string of the molecule is O=C1CC(c2ccc(O)cc2)Oc2cc(O[C@@H]3O[C@H](CO)[C@@H](O[C@@H]4O[C@H](CO)[C@H](O)[C@H](O)[C@H]4O)[C@H](O)[C@H]3O)cc(O)c21. The summed E-state index contributed by atoms with van der Waals surface area (Å²) in [5, 5.41) is 91.3. The van der Waals surface area contributed by atoms with Gasteiger partial charge >= 0.3 is 0 Å². The van der Waals surface area contributed by atoms with Crippen LogP contribution >= 0.6 is 0 Å². The fourth-order valence-corrected chi connectivity index (χ4v) is 5.14. The first kappa shape index (κ1) is 30.4. The number of carbonyl (C=O) groups is 1. The third-order valence-electron chi connectivity index (χ3n) is 7.45. The van der Waals surface area contributed by atoms with Crippen LogP contribution < -0.4 is 9.47 Å². The van der Waals surface area contributed by atoms with Crippen molar-refractivity contribution in [2.45, 2.75) is 73.9 Å². The van der Waals surface area contributed by atoms with Crippen molar-refractivity contribution in [1.82, 2.24) is 0 Å². The Balaban J connectivity index is 1.31. The molecule has 0 radical (unpaired) electrons. The highest BCUT2D eigenvalue weighted by molar-refractivity contribution is 6.02. The van der Waals surface area contributed by atoms with Crippen LogP contribution in [0.2, 0.25) is 0 Å². The molecule has 0 bridgehead atoms. The number of hydrogen-bond acceptors (Lipinski definition) is 15. The second kappa shape index (κ2) is 12.3.